The summed E-state index contributed by atoms with van der Waals surface area (Å²) in [5, 5.41) is 12.7. The van der Waals surface area contributed by atoms with Crippen LogP contribution in [0.3, 0.4) is 0 Å². The highest BCUT2D eigenvalue weighted by atomic mass is 32.2. The number of rotatable bonds is 9. The lowest BCUT2D eigenvalue weighted by atomic mass is 10.0. The first-order valence-electron chi connectivity index (χ1n) is 9.65. The number of benzene rings is 2. The quantitative estimate of drug-likeness (QED) is 0.432. The Morgan fingerprint density at radius 1 is 1.21 bits per heavy atom. The van der Waals surface area contributed by atoms with Crippen molar-refractivity contribution in [3.8, 4) is 11.1 Å². The standard InChI is InChI=1S/C22H27N3O3S/c1-29(28)12-10-19(23)22(27)25-21-14-24-20-13-17(8-9-18(20)21)16-6-4-15(5-7-16)3-2-11-26/h4-9,13-14,19,24,26H,2-3,10-12,23H2,1H3,(H,25,27)/t19-,29?/m1/s1. The van der Waals surface area contributed by atoms with Crippen molar-refractivity contribution < 1.29 is 14.1 Å². The Balaban J connectivity index is 1.72. The zero-order valence-corrected chi connectivity index (χ0v) is 17.3. The SMILES string of the molecule is CS(=O)CC[C@@H](N)C(=O)Nc1c[nH]c2cc(-c3ccc(CCCO)cc3)ccc12. The number of nitrogens with one attached hydrogen (secondary N) is 2. The molecule has 7 heteroatoms. The number of hydrogen-bond acceptors (Lipinski definition) is 4. The molecule has 3 rings (SSSR count). The van der Waals surface area contributed by atoms with Gasteiger partial charge in [0.25, 0.3) is 0 Å². The van der Waals surface area contributed by atoms with Crippen molar-refractivity contribution in [1.29, 1.82) is 0 Å². The third-order valence-corrected chi connectivity index (χ3v) is 5.71. The van der Waals surface area contributed by atoms with Crippen molar-refractivity contribution in [3.63, 3.8) is 0 Å². The average Bonchev–Trinajstić information content (AvgIpc) is 3.12. The van der Waals surface area contributed by atoms with Crippen LogP contribution in [0.4, 0.5) is 5.69 Å². The van der Waals surface area contributed by atoms with E-state index in [0.717, 1.165) is 34.9 Å². The number of aryl methyl sites for hydroxylation is 1. The van der Waals surface area contributed by atoms with Gasteiger partial charge in [0.15, 0.2) is 0 Å². The number of aliphatic hydroxyl groups is 1. The Morgan fingerprint density at radius 2 is 1.93 bits per heavy atom. The molecule has 0 saturated carbocycles. The third kappa shape index (κ3) is 5.53. The zero-order chi connectivity index (χ0) is 20.8. The minimum absolute atomic E-state index is 0.202. The van der Waals surface area contributed by atoms with Crippen LogP contribution >= 0.6 is 0 Å². The highest BCUT2D eigenvalue weighted by molar-refractivity contribution is 7.84. The van der Waals surface area contributed by atoms with Crippen LogP contribution in [0.5, 0.6) is 0 Å². The van der Waals surface area contributed by atoms with Gasteiger partial charge in [-0.1, -0.05) is 36.4 Å². The predicted molar refractivity (Wildman–Crippen MR) is 119 cm³/mol. The van der Waals surface area contributed by atoms with Crippen molar-refractivity contribution in [2.75, 3.05) is 23.9 Å². The van der Waals surface area contributed by atoms with Gasteiger partial charge in [-0.05, 0) is 42.0 Å². The Kier molecular flexibility index (Phi) is 7.19. The van der Waals surface area contributed by atoms with Gasteiger partial charge < -0.3 is 21.1 Å². The van der Waals surface area contributed by atoms with Crippen LogP contribution in [0.25, 0.3) is 22.0 Å². The van der Waals surface area contributed by atoms with Crippen LogP contribution in [0.1, 0.15) is 18.4 Å². The number of aliphatic hydroxyl groups excluding tert-OH is 1. The molecule has 0 radical (unpaired) electrons. The summed E-state index contributed by atoms with van der Waals surface area (Å²) in [6.45, 7) is 0.202. The van der Waals surface area contributed by atoms with E-state index in [1.807, 2.05) is 18.2 Å². The molecule has 29 heavy (non-hydrogen) atoms. The summed E-state index contributed by atoms with van der Waals surface area (Å²) in [7, 11) is -0.965. The van der Waals surface area contributed by atoms with E-state index in [9.17, 15) is 9.00 Å². The molecule has 1 heterocycles. The van der Waals surface area contributed by atoms with E-state index in [1.54, 1.807) is 12.5 Å². The summed E-state index contributed by atoms with van der Waals surface area (Å²) < 4.78 is 11.2. The van der Waals surface area contributed by atoms with Crippen LogP contribution in [-0.2, 0) is 22.0 Å². The van der Waals surface area contributed by atoms with Crippen LogP contribution in [0, 0.1) is 0 Å². The van der Waals surface area contributed by atoms with Gasteiger partial charge >= 0.3 is 0 Å². The maximum absolute atomic E-state index is 12.3. The molecular formula is C22H27N3O3S. The fraction of sp³-hybridized carbons (Fsp3) is 0.318. The summed E-state index contributed by atoms with van der Waals surface area (Å²) in [6, 6.07) is 13.7. The van der Waals surface area contributed by atoms with Gasteiger partial charge in [-0.25, -0.2) is 0 Å². The number of nitrogens with two attached hydrogens (primary N) is 1. The molecule has 5 N–H and O–H groups in total. The number of aromatic nitrogens is 1. The van der Waals surface area contributed by atoms with Gasteiger partial charge in [-0.3, -0.25) is 9.00 Å². The number of amides is 1. The van der Waals surface area contributed by atoms with Crippen molar-refractivity contribution in [1.82, 2.24) is 4.98 Å². The zero-order valence-electron chi connectivity index (χ0n) is 16.5. The minimum atomic E-state index is -0.965. The largest absolute Gasteiger partial charge is 0.396 e. The van der Waals surface area contributed by atoms with Gasteiger partial charge in [-0.15, -0.1) is 0 Å². The van der Waals surface area contributed by atoms with Gasteiger partial charge in [-0.2, -0.15) is 0 Å². The van der Waals surface area contributed by atoms with E-state index in [4.69, 9.17) is 10.8 Å². The molecule has 0 aliphatic heterocycles. The lowest BCUT2D eigenvalue weighted by Crippen LogP contribution is -2.36. The fourth-order valence-electron chi connectivity index (χ4n) is 3.21. The Hall–Kier alpha value is -2.48. The molecule has 154 valence electrons. The molecule has 1 unspecified atom stereocenters. The molecule has 0 aliphatic rings. The monoisotopic (exact) mass is 413 g/mol. The number of fused-ring (bicyclic) bond motifs is 1. The molecule has 6 nitrogen and oxygen atoms in total. The highest BCUT2D eigenvalue weighted by Crippen LogP contribution is 2.29. The van der Waals surface area contributed by atoms with Gasteiger partial charge in [0.05, 0.1) is 11.7 Å². The summed E-state index contributed by atoms with van der Waals surface area (Å²) in [5.41, 5.74) is 10.9. The van der Waals surface area contributed by atoms with E-state index in [-0.39, 0.29) is 12.5 Å². The molecular weight excluding hydrogens is 386 g/mol. The molecule has 1 aromatic heterocycles. The van der Waals surface area contributed by atoms with E-state index in [1.165, 1.54) is 5.56 Å². The molecule has 0 saturated heterocycles. The first kappa shape index (κ1) is 21.2. The van der Waals surface area contributed by atoms with Crippen molar-refractivity contribution in [3.05, 3.63) is 54.2 Å². The molecule has 0 spiro atoms. The lowest BCUT2D eigenvalue weighted by molar-refractivity contribution is -0.117. The van der Waals surface area contributed by atoms with Gasteiger partial charge in [0, 0.05) is 46.5 Å². The summed E-state index contributed by atoms with van der Waals surface area (Å²) >= 11 is 0. The van der Waals surface area contributed by atoms with Crippen molar-refractivity contribution >= 4 is 33.3 Å². The minimum Gasteiger partial charge on any atom is -0.396 e. The second-order valence-corrected chi connectivity index (χ2v) is 8.70. The topological polar surface area (TPSA) is 108 Å². The predicted octanol–water partition coefficient (Wildman–Crippen LogP) is 2.79. The number of anilines is 1. The average molecular weight is 414 g/mol. The molecule has 3 aromatic rings. The van der Waals surface area contributed by atoms with Crippen LogP contribution in [0.2, 0.25) is 0 Å². The molecule has 2 atom stereocenters. The summed E-state index contributed by atoms with van der Waals surface area (Å²) in [4.78, 5) is 15.5. The lowest BCUT2D eigenvalue weighted by Gasteiger charge is -2.11. The Labute approximate surface area is 173 Å². The first-order valence-corrected chi connectivity index (χ1v) is 11.4. The van der Waals surface area contributed by atoms with E-state index >= 15 is 0 Å². The highest BCUT2D eigenvalue weighted by Gasteiger charge is 2.16. The maximum Gasteiger partial charge on any atom is 0.241 e. The smallest absolute Gasteiger partial charge is 0.241 e. The van der Waals surface area contributed by atoms with Crippen molar-refractivity contribution in [2.24, 2.45) is 5.73 Å². The summed E-state index contributed by atoms with van der Waals surface area (Å²) in [5.74, 6) is 0.129. The second-order valence-electron chi connectivity index (χ2n) is 7.15. The molecule has 0 bridgehead atoms. The maximum atomic E-state index is 12.3. The summed E-state index contributed by atoms with van der Waals surface area (Å²) in [6.07, 6.45) is 5.38. The van der Waals surface area contributed by atoms with Gasteiger partial charge in [0.2, 0.25) is 5.91 Å². The Morgan fingerprint density at radius 3 is 2.62 bits per heavy atom. The molecule has 2 aromatic carbocycles. The van der Waals surface area contributed by atoms with E-state index < -0.39 is 16.8 Å². The van der Waals surface area contributed by atoms with Crippen LogP contribution < -0.4 is 11.1 Å². The number of hydrogen-bond donors (Lipinski definition) is 4. The van der Waals surface area contributed by atoms with Crippen LogP contribution in [-0.4, -0.2) is 44.9 Å². The third-order valence-electron chi connectivity index (χ3n) is 4.90. The molecule has 0 aliphatic carbocycles. The molecule has 1 amide bonds. The van der Waals surface area contributed by atoms with Crippen LogP contribution in [0.15, 0.2) is 48.7 Å². The Bertz CT molecular complexity index is 998. The van der Waals surface area contributed by atoms with E-state index in [0.29, 0.717) is 17.9 Å². The van der Waals surface area contributed by atoms with E-state index in [2.05, 4.69) is 34.6 Å². The second kappa shape index (κ2) is 9.82. The number of carbonyl (C=O) groups excluding carboxylic acids is 1. The fourth-order valence-corrected chi connectivity index (χ4v) is 3.79. The number of H-pyrrole nitrogens is 1. The van der Waals surface area contributed by atoms with Gasteiger partial charge in [0.1, 0.15) is 0 Å². The normalized spacial score (nSPS) is 13.3. The number of carbonyl (C=O) groups is 1. The molecule has 0 fully saturated rings. The van der Waals surface area contributed by atoms with Crippen molar-refractivity contribution in [2.45, 2.75) is 25.3 Å². The first-order chi connectivity index (χ1) is 14.0. The number of aromatic amines is 1.